The van der Waals surface area contributed by atoms with Crippen LogP contribution in [-0.4, -0.2) is 33.8 Å². The van der Waals surface area contributed by atoms with E-state index in [-0.39, 0.29) is 5.91 Å². The van der Waals surface area contributed by atoms with Crippen molar-refractivity contribution < 1.29 is 9.53 Å². The summed E-state index contributed by atoms with van der Waals surface area (Å²) in [6.07, 6.45) is 2.27. The highest BCUT2D eigenvalue weighted by Gasteiger charge is 2.33. The predicted octanol–water partition coefficient (Wildman–Crippen LogP) is 2.05. The molecule has 0 aliphatic heterocycles. The summed E-state index contributed by atoms with van der Waals surface area (Å²) in [7, 11) is 3.48. The van der Waals surface area contributed by atoms with E-state index in [0.29, 0.717) is 30.7 Å². The van der Waals surface area contributed by atoms with Gasteiger partial charge >= 0.3 is 0 Å². The Morgan fingerprint density at radius 1 is 1.43 bits per heavy atom. The third-order valence-electron chi connectivity index (χ3n) is 4.77. The van der Waals surface area contributed by atoms with Crippen LogP contribution in [0, 0.1) is 19.8 Å². The van der Waals surface area contributed by atoms with E-state index in [1.807, 2.05) is 14.0 Å². The molecule has 1 aliphatic rings. The largest absolute Gasteiger partial charge is 0.479 e. The smallest absolute Gasteiger partial charge is 0.242 e. The van der Waals surface area contributed by atoms with Gasteiger partial charge in [-0.3, -0.25) is 4.79 Å². The molecule has 1 saturated carbocycles. The van der Waals surface area contributed by atoms with E-state index in [1.54, 1.807) is 11.8 Å². The first kappa shape index (κ1) is 15.8. The number of carbonyl (C=O) groups is 1. The summed E-state index contributed by atoms with van der Waals surface area (Å²) in [6.45, 7) is 6.20. The second-order valence-electron chi connectivity index (χ2n) is 6.52. The summed E-state index contributed by atoms with van der Waals surface area (Å²) >= 11 is 0. The number of aryl methyl sites for hydroxylation is 3. The molecule has 0 spiro atoms. The molecule has 0 unspecified atom stereocenters. The van der Waals surface area contributed by atoms with Crippen molar-refractivity contribution in [2.75, 3.05) is 7.11 Å². The van der Waals surface area contributed by atoms with Crippen LogP contribution >= 0.6 is 0 Å². The first-order chi connectivity index (χ1) is 10.9. The van der Waals surface area contributed by atoms with Crippen LogP contribution in [0.1, 0.15) is 36.6 Å². The predicted molar refractivity (Wildman–Crippen MR) is 88.6 cm³/mol. The summed E-state index contributed by atoms with van der Waals surface area (Å²) < 4.78 is 7.11. The number of nitrogens with one attached hydrogen (secondary N) is 1. The minimum Gasteiger partial charge on any atom is -0.479 e. The Hall–Kier alpha value is -2.11. The molecule has 1 N–H and O–H groups in total. The molecular formula is C17H24N4O2. The molecule has 1 fully saturated rings. The third-order valence-corrected chi connectivity index (χ3v) is 4.77. The first-order valence-electron chi connectivity index (χ1n) is 8.08. The summed E-state index contributed by atoms with van der Waals surface area (Å²) in [4.78, 5) is 16.7. The number of hydrogen-bond donors (Lipinski definition) is 1. The molecule has 124 valence electrons. The summed E-state index contributed by atoms with van der Waals surface area (Å²) in [6, 6.07) is 0.378. The van der Waals surface area contributed by atoms with Crippen molar-refractivity contribution in [1.29, 1.82) is 0 Å². The fraction of sp³-hybridized carbons (Fsp3) is 0.588. The van der Waals surface area contributed by atoms with E-state index in [1.165, 1.54) is 0 Å². The molecule has 23 heavy (non-hydrogen) atoms. The third kappa shape index (κ3) is 2.90. The molecule has 1 aliphatic carbocycles. The van der Waals surface area contributed by atoms with E-state index in [9.17, 15) is 4.79 Å². The van der Waals surface area contributed by atoms with Gasteiger partial charge in [-0.25, -0.2) is 9.67 Å². The van der Waals surface area contributed by atoms with Crippen molar-refractivity contribution in [3.8, 4) is 5.88 Å². The number of methoxy groups -OCH3 is 1. The van der Waals surface area contributed by atoms with Gasteiger partial charge in [0.1, 0.15) is 0 Å². The molecule has 6 heteroatoms. The van der Waals surface area contributed by atoms with Crippen LogP contribution in [0.25, 0.3) is 11.0 Å². The Balaban J connectivity index is 1.84. The van der Waals surface area contributed by atoms with Crippen LogP contribution in [0.15, 0.2) is 0 Å². The molecule has 1 amide bonds. The maximum absolute atomic E-state index is 12.1. The number of hydrogen-bond acceptors (Lipinski definition) is 4. The lowest BCUT2D eigenvalue weighted by molar-refractivity contribution is -0.121. The van der Waals surface area contributed by atoms with Gasteiger partial charge in [-0.15, -0.1) is 5.10 Å². The number of amides is 1. The molecule has 3 rings (SSSR count). The van der Waals surface area contributed by atoms with Gasteiger partial charge in [-0.2, -0.15) is 0 Å². The Morgan fingerprint density at radius 3 is 2.74 bits per heavy atom. The van der Waals surface area contributed by atoms with Crippen molar-refractivity contribution in [3.05, 3.63) is 16.8 Å². The Bertz CT molecular complexity index is 766. The molecule has 0 bridgehead atoms. The number of nitrogens with zero attached hydrogens (tertiary/aromatic N) is 3. The maximum atomic E-state index is 12.1. The number of ether oxygens (including phenoxy) is 1. The minimum atomic E-state index is 0.122. The normalized spacial score (nSPS) is 19.9. The topological polar surface area (TPSA) is 69.0 Å². The highest BCUT2D eigenvalue weighted by atomic mass is 16.5. The van der Waals surface area contributed by atoms with E-state index in [4.69, 9.17) is 4.74 Å². The van der Waals surface area contributed by atoms with Gasteiger partial charge in [-0.1, -0.05) is 6.92 Å². The van der Waals surface area contributed by atoms with Crippen molar-refractivity contribution in [2.24, 2.45) is 13.0 Å². The van der Waals surface area contributed by atoms with Crippen molar-refractivity contribution in [1.82, 2.24) is 20.1 Å². The molecule has 0 saturated heterocycles. The van der Waals surface area contributed by atoms with Gasteiger partial charge in [0, 0.05) is 25.2 Å². The zero-order valence-electron chi connectivity index (χ0n) is 14.4. The van der Waals surface area contributed by atoms with Crippen molar-refractivity contribution >= 4 is 16.9 Å². The number of pyridine rings is 1. The molecule has 2 aromatic heterocycles. The Morgan fingerprint density at radius 2 is 2.13 bits per heavy atom. The van der Waals surface area contributed by atoms with Gasteiger partial charge < -0.3 is 10.1 Å². The average Bonchev–Trinajstić information content (AvgIpc) is 3.08. The SMILES string of the molecule is COc1nn(C)c2nc(C)c(CCC(=O)N[C@@H]3C[C@H]3C)c(C)c12. The maximum Gasteiger partial charge on any atom is 0.242 e. The van der Waals surface area contributed by atoms with Gasteiger partial charge in [0.2, 0.25) is 11.8 Å². The van der Waals surface area contributed by atoms with Gasteiger partial charge in [-0.05, 0) is 43.7 Å². The number of aromatic nitrogens is 3. The van der Waals surface area contributed by atoms with Crippen molar-refractivity contribution in [2.45, 2.75) is 46.1 Å². The van der Waals surface area contributed by atoms with Crippen LogP contribution in [0.5, 0.6) is 5.88 Å². The zero-order valence-corrected chi connectivity index (χ0v) is 14.4. The second-order valence-corrected chi connectivity index (χ2v) is 6.52. The summed E-state index contributed by atoms with van der Waals surface area (Å²) in [5.41, 5.74) is 3.98. The van der Waals surface area contributed by atoms with E-state index in [2.05, 4.69) is 29.2 Å². The number of fused-ring (bicyclic) bond motifs is 1. The average molecular weight is 316 g/mol. The highest BCUT2D eigenvalue weighted by Crippen LogP contribution is 2.31. The van der Waals surface area contributed by atoms with Crippen LogP contribution in [-0.2, 0) is 18.3 Å². The zero-order chi connectivity index (χ0) is 16.7. The fourth-order valence-corrected chi connectivity index (χ4v) is 3.15. The van der Waals surface area contributed by atoms with Gasteiger partial charge in [0.05, 0.1) is 12.5 Å². The summed E-state index contributed by atoms with van der Waals surface area (Å²) in [5, 5.41) is 8.37. The molecule has 0 radical (unpaired) electrons. The second kappa shape index (κ2) is 5.83. The molecule has 2 heterocycles. The first-order valence-corrected chi connectivity index (χ1v) is 8.08. The lowest BCUT2D eigenvalue weighted by Gasteiger charge is -2.11. The lowest BCUT2D eigenvalue weighted by Crippen LogP contribution is -2.26. The monoisotopic (exact) mass is 316 g/mol. The quantitative estimate of drug-likeness (QED) is 0.916. The molecule has 2 aromatic rings. The van der Waals surface area contributed by atoms with Crippen LogP contribution in [0.3, 0.4) is 0 Å². The van der Waals surface area contributed by atoms with Crippen LogP contribution in [0.4, 0.5) is 0 Å². The molecule has 2 atom stereocenters. The van der Waals surface area contributed by atoms with Crippen LogP contribution in [0.2, 0.25) is 0 Å². The van der Waals surface area contributed by atoms with Crippen LogP contribution < -0.4 is 10.1 Å². The summed E-state index contributed by atoms with van der Waals surface area (Å²) in [5.74, 6) is 1.33. The highest BCUT2D eigenvalue weighted by molar-refractivity contribution is 5.86. The number of carbonyl (C=O) groups excluding carboxylic acids is 1. The lowest BCUT2D eigenvalue weighted by atomic mass is 10.00. The minimum absolute atomic E-state index is 0.122. The van der Waals surface area contributed by atoms with Gasteiger partial charge in [0.25, 0.3) is 0 Å². The molecular weight excluding hydrogens is 292 g/mol. The van der Waals surface area contributed by atoms with Crippen molar-refractivity contribution in [3.63, 3.8) is 0 Å². The van der Waals surface area contributed by atoms with Gasteiger partial charge in [0.15, 0.2) is 5.65 Å². The molecule has 6 nitrogen and oxygen atoms in total. The fourth-order valence-electron chi connectivity index (χ4n) is 3.15. The van der Waals surface area contributed by atoms with E-state index in [0.717, 1.165) is 34.3 Å². The number of rotatable bonds is 5. The Labute approximate surface area is 136 Å². The standard InChI is InChI=1S/C17H24N4O2/c1-9-8-13(9)19-14(22)7-6-12-10(2)15-16(18-11(12)3)21(4)20-17(15)23-5/h9,13H,6-8H2,1-5H3,(H,19,22)/t9-,13-/m1/s1. The van der Waals surface area contributed by atoms with E-state index < -0.39 is 0 Å². The molecule has 0 aromatic carbocycles. The Kier molecular flexibility index (Phi) is 4.00. The van der Waals surface area contributed by atoms with E-state index >= 15 is 0 Å².